The average Bonchev–Trinajstić information content (AvgIpc) is 2.08. The van der Waals surface area contributed by atoms with Crippen LogP contribution in [-0.4, -0.2) is 4.98 Å². The fraction of sp³-hybridized carbons (Fsp3) is 0.500. The summed E-state index contributed by atoms with van der Waals surface area (Å²) in [7, 11) is 0. The van der Waals surface area contributed by atoms with Crippen LogP contribution in [0.5, 0.6) is 0 Å². The Kier molecular flexibility index (Phi) is 3.45. The summed E-state index contributed by atoms with van der Waals surface area (Å²) in [5.74, 6) is 0.430. The normalized spacial score (nSPS) is 13.4. The van der Waals surface area contributed by atoms with Gasteiger partial charge in [-0.25, -0.2) is 4.98 Å². The Morgan fingerprint density at radius 3 is 2.62 bits per heavy atom. The zero-order valence-corrected chi connectivity index (χ0v) is 9.80. The van der Waals surface area contributed by atoms with Crippen molar-refractivity contribution in [1.29, 1.82) is 0 Å². The van der Waals surface area contributed by atoms with Crippen molar-refractivity contribution < 1.29 is 0 Å². The van der Waals surface area contributed by atoms with Gasteiger partial charge in [-0.1, -0.05) is 19.9 Å². The minimum absolute atomic E-state index is 0.0572. The van der Waals surface area contributed by atoms with Crippen molar-refractivity contribution in [1.82, 2.24) is 4.98 Å². The highest BCUT2D eigenvalue weighted by Crippen LogP contribution is 2.25. The molecule has 1 atom stereocenters. The van der Waals surface area contributed by atoms with Gasteiger partial charge in [-0.3, -0.25) is 0 Å². The van der Waals surface area contributed by atoms with Gasteiger partial charge in [0.25, 0.3) is 0 Å². The lowest BCUT2D eigenvalue weighted by Crippen LogP contribution is -2.17. The molecule has 2 N–H and O–H groups in total. The van der Waals surface area contributed by atoms with Gasteiger partial charge in [0.15, 0.2) is 0 Å². The Morgan fingerprint density at radius 1 is 1.46 bits per heavy atom. The van der Waals surface area contributed by atoms with Crippen molar-refractivity contribution in [2.75, 3.05) is 0 Å². The van der Waals surface area contributed by atoms with Crippen LogP contribution >= 0.6 is 15.9 Å². The number of nitrogens with zero attached hydrogens (tertiary/aromatic N) is 1. The van der Waals surface area contributed by atoms with E-state index in [2.05, 4.69) is 40.8 Å². The summed E-state index contributed by atoms with van der Waals surface area (Å²) >= 11 is 3.41. The molecule has 1 heterocycles. The number of hydrogen-bond acceptors (Lipinski definition) is 2. The lowest BCUT2D eigenvalue weighted by Gasteiger charge is -2.17. The number of aromatic nitrogens is 1. The molecule has 0 unspecified atom stereocenters. The second-order valence-electron chi connectivity index (χ2n) is 3.66. The number of pyridine rings is 1. The van der Waals surface area contributed by atoms with Crippen LogP contribution in [0.1, 0.15) is 31.0 Å². The number of nitrogens with two attached hydrogens (primary N) is 1. The molecule has 0 aromatic carbocycles. The molecule has 0 saturated carbocycles. The molecule has 1 aromatic rings. The molecule has 0 aliphatic carbocycles. The maximum absolute atomic E-state index is 6.04. The van der Waals surface area contributed by atoms with Gasteiger partial charge in [-0.2, -0.15) is 0 Å². The second kappa shape index (κ2) is 4.20. The van der Waals surface area contributed by atoms with E-state index < -0.39 is 0 Å². The van der Waals surface area contributed by atoms with E-state index in [0.717, 1.165) is 15.7 Å². The highest BCUT2D eigenvalue weighted by Gasteiger charge is 2.14. The van der Waals surface area contributed by atoms with Crippen LogP contribution in [0.4, 0.5) is 0 Å². The van der Waals surface area contributed by atoms with E-state index in [1.165, 1.54) is 0 Å². The highest BCUT2D eigenvalue weighted by molar-refractivity contribution is 9.10. The smallest absolute Gasteiger partial charge is 0.110 e. The zero-order chi connectivity index (χ0) is 10.0. The predicted octanol–water partition coefficient (Wildman–Crippen LogP) is 2.81. The Balaban J connectivity index is 3.05. The molecule has 0 saturated heterocycles. The monoisotopic (exact) mass is 242 g/mol. The van der Waals surface area contributed by atoms with Crippen molar-refractivity contribution in [3.05, 3.63) is 28.0 Å². The molecule has 13 heavy (non-hydrogen) atoms. The number of halogens is 1. The molecule has 1 rings (SSSR count). The van der Waals surface area contributed by atoms with Crippen LogP contribution in [0.3, 0.4) is 0 Å². The van der Waals surface area contributed by atoms with E-state index in [9.17, 15) is 0 Å². The van der Waals surface area contributed by atoms with Gasteiger partial charge in [0, 0.05) is 17.8 Å². The molecule has 0 spiro atoms. The quantitative estimate of drug-likeness (QED) is 0.811. The fourth-order valence-corrected chi connectivity index (χ4v) is 1.65. The van der Waals surface area contributed by atoms with E-state index in [1.54, 1.807) is 0 Å². The summed E-state index contributed by atoms with van der Waals surface area (Å²) in [5, 5.41) is 0. The van der Waals surface area contributed by atoms with E-state index in [1.807, 2.05) is 13.1 Å². The van der Waals surface area contributed by atoms with Gasteiger partial charge in [0.05, 0.1) is 0 Å². The molecule has 0 fully saturated rings. The summed E-state index contributed by atoms with van der Waals surface area (Å²) in [6.07, 6.45) is 1.83. The van der Waals surface area contributed by atoms with Crippen LogP contribution in [0.25, 0.3) is 0 Å². The standard InChI is InChI=1S/C10H15BrN2/c1-6(2)9(12)8-4-7(3)5-13-10(8)11/h4-6,9H,12H2,1-3H3/t9-/m0/s1. The molecule has 0 bridgehead atoms. The van der Waals surface area contributed by atoms with Gasteiger partial charge < -0.3 is 5.73 Å². The summed E-state index contributed by atoms with van der Waals surface area (Å²) in [4.78, 5) is 4.22. The third-order valence-corrected chi connectivity index (χ3v) is 2.74. The molecular weight excluding hydrogens is 228 g/mol. The molecule has 0 radical (unpaired) electrons. The van der Waals surface area contributed by atoms with Gasteiger partial charge in [-0.05, 0) is 34.3 Å². The van der Waals surface area contributed by atoms with E-state index >= 15 is 0 Å². The lowest BCUT2D eigenvalue weighted by atomic mass is 9.98. The Hall–Kier alpha value is -0.410. The Labute approximate surface area is 87.7 Å². The third kappa shape index (κ3) is 2.51. The van der Waals surface area contributed by atoms with E-state index in [0.29, 0.717) is 5.92 Å². The molecule has 0 amide bonds. The average molecular weight is 243 g/mol. The minimum atomic E-state index is 0.0572. The zero-order valence-electron chi connectivity index (χ0n) is 8.21. The van der Waals surface area contributed by atoms with Crippen molar-refractivity contribution in [2.45, 2.75) is 26.8 Å². The SMILES string of the molecule is Cc1cnc(Br)c([C@@H](N)C(C)C)c1. The molecule has 72 valence electrons. The fourth-order valence-electron chi connectivity index (χ4n) is 1.17. The van der Waals surface area contributed by atoms with E-state index in [4.69, 9.17) is 5.73 Å². The van der Waals surface area contributed by atoms with Crippen LogP contribution in [0.15, 0.2) is 16.9 Å². The minimum Gasteiger partial charge on any atom is -0.324 e. The first kappa shape index (κ1) is 10.7. The summed E-state index contributed by atoms with van der Waals surface area (Å²) in [5.41, 5.74) is 8.28. The van der Waals surface area contributed by atoms with Gasteiger partial charge in [0.1, 0.15) is 4.60 Å². The first-order valence-corrected chi connectivity index (χ1v) is 5.19. The Morgan fingerprint density at radius 2 is 2.08 bits per heavy atom. The van der Waals surface area contributed by atoms with Crippen molar-refractivity contribution in [3.63, 3.8) is 0 Å². The highest BCUT2D eigenvalue weighted by atomic mass is 79.9. The lowest BCUT2D eigenvalue weighted by molar-refractivity contribution is 0.510. The molecule has 2 nitrogen and oxygen atoms in total. The topological polar surface area (TPSA) is 38.9 Å². The second-order valence-corrected chi connectivity index (χ2v) is 4.41. The maximum atomic E-state index is 6.04. The Bertz CT molecular complexity index is 297. The molecule has 3 heteroatoms. The predicted molar refractivity (Wildman–Crippen MR) is 58.4 cm³/mol. The maximum Gasteiger partial charge on any atom is 0.110 e. The summed E-state index contributed by atoms with van der Waals surface area (Å²) in [6.45, 7) is 6.24. The van der Waals surface area contributed by atoms with Crippen molar-refractivity contribution in [2.24, 2.45) is 11.7 Å². The summed E-state index contributed by atoms with van der Waals surface area (Å²) < 4.78 is 0.860. The molecule has 0 aliphatic heterocycles. The van der Waals surface area contributed by atoms with E-state index in [-0.39, 0.29) is 6.04 Å². The number of rotatable bonds is 2. The van der Waals surface area contributed by atoms with Crippen LogP contribution in [-0.2, 0) is 0 Å². The largest absolute Gasteiger partial charge is 0.324 e. The van der Waals surface area contributed by atoms with Gasteiger partial charge >= 0.3 is 0 Å². The first-order chi connectivity index (χ1) is 6.02. The van der Waals surface area contributed by atoms with Crippen molar-refractivity contribution in [3.8, 4) is 0 Å². The molecular formula is C10H15BrN2. The van der Waals surface area contributed by atoms with Gasteiger partial charge in [-0.15, -0.1) is 0 Å². The van der Waals surface area contributed by atoms with Crippen molar-refractivity contribution >= 4 is 15.9 Å². The number of hydrogen-bond donors (Lipinski definition) is 1. The third-order valence-electron chi connectivity index (χ3n) is 2.08. The number of aryl methyl sites for hydroxylation is 1. The summed E-state index contributed by atoms with van der Waals surface area (Å²) in [6, 6.07) is 2.14. The first-order valence-electron chi connectivity index (χ1n) is 4.40. The van der Waals surface area contributed by atoms with Crippen LogP contribution in [0, 0.1) is 12.8 Å². The molecule has 0 aliphatic rings. The van der Waals surface area contributed by atoms with Crippen LogP contribution in [0.2, 0.25) is 0 Å². The van der Waals surface area contributed by atoms with Crippen LogP contribution < -0.4 is 5.73 Å². The molecule has 1 aromatic heterocycles. The van der Waals surface area contributed by atoms with Gasteiger partial charge in [0.2, 0.25) is 0 Å².